The number of benzene rings is 3. The molecule has 0 saturated carbocycles. The highest BCUT2D eigenvalue weighted by Gasteiger charge is 2.38. The number of hydrogen-bond donors (Lipinski definition) is 5. The number of para-hydroxylation sites is 2. The molecule has 0 radical (unpaired) electrons. The van der Waals surface area contributed by atoms with Gasteiger partial charge in [-0.05, 0) is 80.0 Å². The van der Waals surface area contributed by atoms with E-state index in [2.05, 4.69) is 20.9 Å². The zero-order valence-electron chi connectivity index (χ0n) is 23.6. The van der Waals surface area contributed by atoms with Gasteiger partial charge in [-0.2, -0.15) is 0 Å². The summed E-state index contributed by atoms with van der Waals surface area (Å²) in [6.45, 7) is 6.26. The first-order valence-corrected chi connectivity index (χ1v) is 15.1. The van der Waals surface area contributed by atoms with E-state index in [4.69, 9.17) is 5.73 Å². The van der Waals surface area contributed by atoms with Gasteiger partial charge in [0.1, 0.15) is 21.7 Å². The van der Waals surface area contributed by atoms with E-state index in [1.165, 1.54) is 35.6 Å². The number of nitrogens with zero attached hydrogens (tertiary/aromatic N) is 2. The molecule has 0 bridgehead atoms. The second kappa shape index (κ2) is 13.2. The summed E-state index contributed by atoms with van der Waals surface area (Å²) >= 11 is 1.24. The highest BCUT2D eigenvalue weighted by molar-refractivity contribution is 8.04. The summed E-state index contributed by atoms with van der Waals surface area (Å²) in [6.07, 6.45) is 2.46. The van der Waals surface area contributed by atoms with Crippen molar-refractivity contribution in [3.8, 4) is 5.75 Å². The van der Waals surface area contributed by atoms with Crippen LogP contribution in [-0.2, 0) is 9.59 Å². The summed E-state index contributed by atoms with van der Waals surface area (Å²) in [7, 11) is 0. The lowest BCUT2D eigenvalue weighted by molar-refractivity contribution is -0.127. The predicted octanol–water partition coefficient (Wildman–Crippen LogP) is 3.51. The zero-order chi connectivity index (χ0) is 29.6. The number of anilines is 2. The van der Waals surface area contributed by atoms with Crippen LogP contribution < -0.4 is 21.7 Å². The van der Waals surface area contributed by atoms with Crippen molar-refractivity contribution in [3.63, 3.8) is 0 Å². The minimum absolute atomic E-state index is 0.0731. The molecule has 0 spiro atoms. The van der Waals surface area contributed by atoms with Crippen LogP contribution in [0, 0.1) is 0 Å². The molecule has 42 heavy (non-hydrogen) atoms. The minimum atomic E-state index is -0.590. The Bertz CT molecular complexity index is 1520. The molecule has 2 aliphatic rings. The third-order valence-corrected chi connectivity index (χ3v) is 8.81. The molecule has 2 aliphatic heterocycles. The summed E-state index contributed by atoms with van der Waals surface area (Å²) in [6, 6.07) is 17.9. The number of phenols is 1. The van der Waals surface area contributed by atoms with Gasteiger partial charge in [-0.25, -0.2) is 0 Å². The van der Waals surface area contributed by atoms with E-state index >= 15 is 0 Å². The van der Waals surface area contributed by atoms with Crippen LogP contribution in [0.15, 0.2) is 71.4 Å². The molecular formula is C31H36N6O4S. The quantitative estimate of drug-likeness (QED) is 0.179. The number of nitrogens with one attached hydrogen (secondary N) is 3. The van der Waals surface area contributed by atoms with E-state index < -0.39 is 11.2 Å². The Labute approximate surface area is 249 Å². The molecule has 10 nitrogen and oxygen atoms in total. The second-order valence-corrected chi connectivity index (χ2v) is 11.5. The summed E-state index contributed by atoms with van der Waals surface area (Å²) in [5, 5.41) is 20.8. The van der Waals surface area contributed by atoms with E-state index in [9.17, 15) is 19.5 Å². The molecule has 5 rings (SSSR count). The van der Waals surface area contributed by atoms with Crippen molar-refractivity contribution in [1.29, 1.82) is 0 Å². The Balaban J connectivity index is 1.20. The Kier molecular flexibility index (Phi) is 9.19. The Morgan fingerprint density at radius 2 is 1.79 bits per heavy atom. The SMILES string of the molecule is CCN1C(=O)[C@@H](CNc2ccc3cc(C(=O)NCCN4CCCC4)ccc3c2)S/C1=C(/N)C(=O)Nc1ccccc1O. The Morgan fingerprint density at radius 1 is 1.05 bits per heavy atom. The van der Waals surface area contributed by atoms with Gasteiger partial charge >= 0.3 is 0 Å². The molecule has 6 N–H and O–H groups in total. The maximum Gasteiger partial charge on any atom is 0.274 e. The molecule has 0 aromatic heterocycles. The van der Waals surface area contributed by atoms with Gasteiger partial charge in [0, 0.05) is 37.4 Å². The molecule has 220 valence electrons. The van der Waals surface area contributed by atoms with E-state index in [-0.39, 0.29) is 28.9 Å². The van der Waals surface area contributed by atoms with Crippen molar-refractivity contribution in [2.24, 2.45) is 5.73 Å². The predicted molar refractivity (Wildman–Crippen MR) is 167 cm³/mol. The van der Waals surface area contributed by atoms with Crippen molar-refractivity contribution in [2.45, 2.75) is 25.0 Å². The van der Waals surface area contributed by atoms with Crippen molar-refractivity contribution < 1.29 is 19.5 Å². The number of aromatic hydroxyl groups is 1. The van der Waals surface area contributed by atoms with Crippen LogP contribution in [0.5, 0.6) is 5.75 Å². The number of likely N-dealkylation sites (tertiary alicyclic amines) is 1. The molecule has 0 unspecified atom stereocenters. The van der Waals surface area contributed by atoms with Gasteiger partial charge < -0.3 is 36.6 Å². The van der Waals surface area contributed by atoms with Gasteiger partial charge in [0.2, 0.25) is 5.91 Å². The number of carbonyl (C=O) groups is 3. The third-order valence-electron chi connectivity index (χ3n) is 7.49. The topological polar surface area (TPSA) is 140 Å². The average Bonchev–Trinajstić information content (AvgIpc) is 3.63. The van der Waals surface area contributed by atoms with E-state index in [1.807, 2.05) is 43.3 Å². The van der Waals surface area contributed by atoms with Crippen LogP contribution in [0.25, 0.3) is 10.8 Å². The van der Waals surface area contributed by atoms with Crippen molar-refractivity contribution in [3.05, 3.63) is 77.0 Å². The van der Waals surface area contributed by atoms with Gasteiger partial charge in [0.05, 0.1) is 5.69 Å². The van der Waals surface area contributed by atoms with Gasteiger partial charge in [0.25, 0.3) is 11.8 Å². The number of phenolic OH excluding ortho intramolecular Hbond substituents is 1. The molecule has 2 fully saturated rings. The molecule has 3 aromatic rings. The number of amides is 3. The van der Waals surface area contributed by atoms with Crippen LogP contribution in [0.2, 0.25) is 0 Å². The van der Waals surface area contributed by atoms with Gasteiger partial charge in [-0.1, -0.05) is 36.0 Å². The first-order valence-electron chi connectivity index (χ1n) is 14.2. The number of thioether (sulfide) groups is 1. The van der Waals surface area contributed by atoms with E-state index in [0.717, 1.165) is 36.1 Å². The number of carbonyl (C=O) groups excluding carboxylic acids is 3. The van der Waals surface area contributed by atoms with Gasteiger partial charge in [0.15, 0.2) is 0 Å². The molecular weight excluding hydrogens is 552 g/mol. The maximum absolute atomic E-state index is 13.1. The molecule has 2 saturated heterocycles. The summed E-state index contributed by atoms with van der Waals surface area (Å²) < 4.78 is 0. The normalized spacial score (nSPS) is 18.4. The number of nitrogens with two attached hydrogens (primary N) is 1. The number of rotatable bonds is 10. The van der Waals surface area contributed by atoms with E-state index in [1.54, 1.807) is 18.2 Å². The van der Waals surface area contributed by atoms with Gasteiger partial charge in [-0.3, -0.25) is 14.4 Å². The molecule has 1 atom stereocenters. The fourth-order valence-corrected chi connectivity index (χ4v) is 6.40. The molecule has 11 heteroatoms. The van der Waals surface area contributed by atoms with Crippen molar-refractivity contribution in [1.82, 2.24) is 15.1 Å². The highest BCUT2D eigenvalue weighted by atomic mass is 32.2. The first kappa shape index (κ1) is 29.3. The Morgan fingerprint density at radius 3 is 2.55 bits per heavy atom. The van der Waals surface area contributed by atoms with Crippen molar-refractivity contribution in [2.75, 3.05) is 49.9 Å². The third kappa shape index (κ3) is 6.63. The fraction of sp³-hybridized carbons (Fsp3) is 0.323. The van der Waals surface area contributed by atoms with Crippen molar-refractivity contribution >= 4 is 51.6 Å². The number of hydrogen-bond acceptors (Lipinski definition) is 8. The van der Waals surface area contributed by atoms with Crippen LogP contribution in [-0.4, -0.2) is 77.1 Å². The lowest BCUT2D eigenvalue weighted by atomic mass is 10.1. The fourth-order valence-electron chi connectivity index (χ4n) is 5.17. The van der Waals surface area contributed by atoms with Crippen LogP contribution in [0.3, 0.4) is 0 Å². The van der Waals surface area contributed by atoms with Crippen LogP contribution >= 0.6 is 11.8 Å². The Hall–Kier alpha value is -4.22. The monoisotopic (exact) mass is 588 g/mol. The average molecular weight is 589 g/mol. The second-order valence-electron chi connectivity index (χ2n) is 10.3. The molecule has 2 heterocycles. The van der Waals surface area contributed by atoms with Crippen LogP contribution in [0.1, 0.15) is 30.1 Å². The minimum Gasteiger partial charge on any atom is -0.506 e. The standard InChI is InChI=1S/C31H36N6O4S/c1-2-37-30(41)26(42-31(37)27(32)29(40)35-24-7-3-4-8-25(24)38)19-34-23-12-11-20-17-22(10-9-21(20)18-23)28(39)33-13-16-36-14-5-6-15-36/h3-4,7-12,17-18,26,34,38H,2,5-6,13-16,19,32H2,1H3,(H,33,39)(H,35,40)/b31-27+/t26-/m1/s1. The van der Waals surface area contributed by atoms with Crippen LogP contribution in [0.4, 0.5) is 11.4 Å². The highest BCUT2D eigenvalue weighted by Crippen LogP contribution is 2.37. The lowest BCUT2D eigenvalue weighted by Gasteiger charge is -2.17. The maximum atomic E-state index is 13.1. The molecule has 0 aliphatic carbocycles. The number of fused-ring (bicyclic) bond motifs is 1. The summed E-state index contributed by atoms with van der Waals surface area (Å²) in [4.78, 5) is 42.5. The zero-order valence-corrected chi connectivity index (χ0v) is 24.4. The molecule has 3 aromatic carbocycles. The lowest BCUT2D eigenvalue weighted by Crippen LogP contribution is -2.33. The summed E-state index contributed by atoms with van der Waals surface area (Å²) in [5.41, 5.74) is 7.81. The van der Waals surface area contributed by atoms with Gasteiger partial charge in [-0.15, -0.1) is 0 Å². The first-order chi connectivity index (χ1) is 20.3. The largest absolute Gasteiger partial charge is 0.506 e. The summed E-state index contributed by atoms with van der Waals surface area (Å²) in [5.74, 6) is -0.874. The van der Waals surface area contributed by atoms with E-state index in [0.29, 0.717) is 30.2 Å². The molecule has 3 amide bonds. The smallest absolute Gasteiger partial charge is 0.274 e.